The second-order valence-corrected chi connectivity index (χ2v) is 12.6. The predicted molar refractivity (Wildman–Crippen MR) is 124 cm³/mol. The normalized spacial score (nSPS) is 13.1. The summed E-state index contributed by atoms with van der Waals surface area (Å²) >= 11 is 0. The van der Waals surface area contributed by atoms with Crippen molar-refractivity contribution in [2.24, 2.45) is 0 Å². The average Bonchev–Trinajstić information content (AvgIpc) is 2.66. The molecular formula is C23H32O6S2. The fourth-order valence-electron chi connectivity index (χ4n) is 2.76. The highest BCUT2D eigenvalue weighted by atomic mass is 32.2. The van der Waals surface area contributed by atoms with E-state index in [2.05, 4.69) is 20.8 Å². The van der Waals surface area contributed by atoms with Crippen molar-refractivity contribution in [3.8, 4) is 11.5 Å². The monoisotopic (exact) mass is 468 g/mol. The van der Waals surface area contributed by atoms with Crippen molar-refractivity contribution in [3.05, 3.63) is 59.7 Å². The van der Waals surface area contributed by atoms with E-state index in [1.54, 1.807) is 36.4 Å². The molecule has 0 fully saturated rings. The number of hydrogen-bond acceptors (Lipinski definition) is 6. The van der Waals surface area contributed by atoms with Gasteiger partial charge in [-0.15, -0.1) is 0 Å². The summed E-state index contributed by atoms with van der Waals surface area (Å²) in [4.78, 5) is 0. The zero-order valence-corrected chi connectivity index (χ0v) is 20.6. The molecule has 8 heteroatoms. The predicted octanol–water partition coefficient (Wildman–Crippen LogP) is 4.79. The molecule has 0 aliphatic carbocycles. The van der Waals surface area contributed by atoms with Gasteiger partial charge in [0.2, 0.25) is 0 Å². The molecule has 2 rings (SSSR count). The van der Waals surface area contributed by atoms with E-state index in [-0.39, 0.29) is 22.3 Å². The molecule has 0 bridgehead atoms. The van der Waals surface area contributed by atoms with Crippen LogP contribution in [0.3, 0.4) is 0 Å². The summed E-state index contributed by atoms with van der Waals surface area (Å²) in [6, 6.07) is 13.5. The zero-order chi connectivity index (χ0) is 23.5. The van der Waals surface area contributed by atoms with Gasteiger partial charge in [-0.3, -0.25) is 0 Å². The van der Waals surface area contributed by atoms with Gasteiger partial charge in [0.25, 0.3) is 0 Å². The highest BCUT2D eigenvalue weighted by Gasteiger charge is 2.23. The maximum absolute atomic E-state index is 12.2. The Balaban J connectivity index is 1.99. The summed E-state index contributed by atoms with van der Waals surface area (Å²) in [7, 11) is -8.20. The van der Waals surface area contributed by atoms with Crippen LogP contribution in [0.5, 0.6) is 11.5 Å². The van der Waals surface area contributed by atoms with Gasteiger partial charge in [-0.1, -0.05) is 65.8 Å². The molecule has 0 amide bonds. The van der Waals surface area contributed by atoms with Crippen LogP contribution in [0, 0.1) is 0 Å². The van der Waals surface area contributed by atoms with Crippen molar-refractivity contribution in [1.82, 2.24) is 0 Å². The maximum atomic E-state index is 12.2. The molecule has 0 spiro atoms. The van der Waals surface area contributed by atoms with Crippen LogP contribution in [-0.2, 0) is 31.1 Å². The molecule has 0 saturated carbocycles. The summed E-state index contributed by atoms with van der Waals surface area (Å²) in [6.45, 7) is 12.4. The largest absolute Gasteiger partial charge is 0.382 e. The summed E-state index contributed by atoms with van der Waals surface area (Å²) < 4.78 is 59.0. The summed E-state index contributed by atoms with van der Waals surface area (Å²) in [5.41, 5.74) is 1.98. The van der Waals surface area contributed by atoms with Crippen LogP contribution in [0.1, 0.15) is 59.1 Å². The molecule has 0 atom stereocenters. The van der Waals surface area contributed by atoms with E-state index in [1.807, 2.05) is 32.9 Å². The number of hydrogen-bond donors (Lipinski definition) is 0. The van der Waals surface area contributed by atoms with Gasteiger partial charge < -0.3 is 8.37 Å². The minimum Gasteiger partial charge on any atom is -0.382 e. The van der Waals surface area contributed by atoms with E-state index in [4.69, 9.17) is 8.37 Å². The van der Waals surface area contributed by atoms with E-state index >= 15 is 0 Å². The summed E-state index contributed by atoms with van der Waals surface area (Å²) in [5, 5.41) is 0. The summed E-state index contributed by atoms with van der Waals surface area (Å²) in [5.74, 6) is -1.14. The molecule has 0 unspecified atom stereocenters. The topological polar surface area (TPSA) is 86.7 Å². The average molecular weight is 469 g/mol. The fourth-order valence-corrected chi connectivity index (χ4v) is 5.37. The molecule has 0 aliphatic rings. The van der Waals surface area contributed by atoms with Gasteiger partial charge in [0.05, 0.1) is 0 Å². The van der Waals surface area contributed by atoms with Crippen LogP contribution in [0.4, 0.5) is 0 Å². The Hall–Kier alpha value is -2.06. The summed E-state index contributed by atoms with van der Waals surface area (Å²) in [6.07, 6.45) is 0.933. The molecule has 0 aliphatic heterocycles. The molecule has 172 valence electrons. The first-order chi connectivity index (χ1) is 14.1. The molecule has 0 N–H and O–H groups in total. The van der Waals surface area contributed by atoms with Gasteiger partial charge in [-0.25, -0.2) is 0 Å². The third-order valence-corrected chi connectivity index (χ3v) is 7.83. The Morgan fingerprint density at radius 3 is 1.32 bits per heavy atom. The van der Waals surface area contributed by atoms with Crippen LogP contribution in [0.15, 0.2) is 48.5 Å². The molecule has 2 aromatic carbocycles. The molecule has 31 heavy (non-hydrogen) atoms. The first-order valence-corrected chi connectivity index (χ1v) is 13.3. The van der Waals surface area contributed by atoms with Crippen molar-refractivity contribution in [2.45, 2.75) is 58.8 Å². The van der Waals surface area contributed by atoms with Crippen molar-refractivity contribution in [2.75, 3.05) is 11.5 Å². The second kappa shape index (κ2) is 9.20. The molecular weight excluding hydrogens is 436 g/mol. The Labute approximate surface area is 186 Å². The highest BCUT2D eigenvalue weighted by Crippen LogP contribution is 2.28. The van der Waals surface area contributed by atoms with Gasteiger partial charge in [-0.05, 0) is 52.6 Å². The maximum Gasteiger partial charge on any atom is 0.310 e. The van der Waals surface area contributed by atoms with Crippen molar-refractivity contribution in [3.63, 3.8) is 0 Å². The lowest BCUT2D eigenvalue weighted by Crippen LogP contribution is -2.24. The number of rotatable bonds is 9. The minimum absolute atomic E-state index is 0.0338. The van der Waals surface area contributed by atoms with E-state index < -0.39 is 31.7 Å². The van der Waals surface area contributed by atoms with Gasteiger partial charge in [0.15, 0.2) is 0 Å². The van der Waals surface area contributed by atoms with E-state index in [1.165, 1.54) is 0 Å². The van der Waals surface area contributed by atoms with Gasteiger partial charge in [-0.2, -0.15) is 16.8 Å². The molecule has 0 aromatic heterocycles. The third kappa shape index (κ3) is 7.54. The lowest BCUT2D eigenvalue weighted by molar-refractivity contribution is 0.474. The van der Waals surface area contributed by atoms with Crippen molar-refractivity contribution >= 4 is 20.2 Å². The van der Waals surface area contributed by atoms with Gasteiger partial charge >= 0.3 is 20.2 Å². The first-order valence-electron chi connectivity index (χ1n) is 10.2. The van der Waals surface area contributed by atoms with E-state index in [0.717, 1.165) is 17.5 Å². The van der Waals surface area contributed by atoms with Crippen LogP contribution in [0.2, 0.25) is 0 Å². The van der Waals surface area contributed by atoms with E-state index in [0.29, 0.717) is 0 Å². The Morgan fingerprint density at radius 2 is 1.00 bits per heavy atom. The van der Waals surface area contributed by atoms with Crippen LogP contribution >= 0.6 is 0 Å². The first kappa shape index (κ1) is 25.2. The Kier molecular flexibility index (Phi) is 7.48. The zero-order valence-electron chi connectivity index (χ0n) is 19.0. The SMILES string of the molecule is CCC(C)(C)c1ccc(OS(=O)(=O)CCS(=O)(=O)Oc2ccc(C(C)(C)C)cc2)cc1. The molecule has 2 aromatic rings. The highest BCUT2D eigenvalue weighted by molar-refractivity contribution is 7.90. The van der Waals surface area contributed by atoms with E-state index in [9.17, 15) is 16.8 Å². The van der Waals surface area contributed by atoms with Crippen LogP contribution in [0.25, 0.3) is 0 Å². The molecule has 0 heterocycles. The quantitative estimate of drug-likeness (QED) is 0.492. The van der Waals surface area contributed by atoms with Gasteiger partial charge in [0.1, 0.15) is 23.0 Å². The standard InChI is InChI=1S/C23H32O6S2/c1-7-23(5,6)19-10-14-21(15-11-19)29-31(26,27)17-16-30(24,25)28-20-12-8-18(9-13-20)22(2,3)4/h8-15H,7,16-17H2,1-6H3. The van der Waals surface area contributed by atoms with Crippen LogP contribution < -0.4 is 8.37 Å². The smallest absolute Gasteiger partial charge is 0.310 e. The van der Waals surface area contributed by atoms with Crippen molar-refractivity contribution < 1.29 is 25.2 Å². The second-order valence-electron chi connectivity index (χ2n) is 9.23. The number of benzene rings is 2. The Morgan fingerprint density at radius 1 is 0.645 bits per heavy atom. The molecule has 0 saturated heterocycles. The molecule has 6 nitrogen and oxygen atoms in total. The lowest BCUT2D eigenvalue weighted by atomic mass is 9.82. The molecule has 0 radical (unpaired) electrons. The van der Waals surface area contributed by atoms with Crippen LogP contribution in [-0.4, -0.2) is 28.3 Å². The Bertz CT molecular complexity index is 1080. The minimum atomic E-state index is -4.10. The fraction of sp³-hybridized carbons (Fsp3) is 0.478. The van der Waals surface area contributed by atoms with Crippen molar-refractivity contribution in [1.29, 1.82) is 0 Å². The van der Waals surface area contributed by atoms with Gasteiger partial charge in [0, 0.05) is 0 Å². The third-order valence-electron chi connectivity index (χ3n) is 5.27. The lowest BCUT2D eigenvalue weighted by Gasteiger charge is -2.23.